The van der Waals surface area contributed by atoms with E-state index in [9.17, 15) is 4.79 Å². The van der Waals surface area contributed by atoms with Crippen LogP contribution in [-0.4, -0.2) is 58.9 Å². The highest BCUT2D eigenvalue weighted by Crippen LogP contribution is 2.28. The van der Waals surface area contributed by atoms with Gasteiger partial charge in [0.15, 0.2) is 5.13 Å². The summed E-state index contributed by atoms with van der Waals surface area (Å²) >= 11 is 7.41. The second-order valence-corrected chi connectivity index (χ2v) is 8.61. The number of nitrogens with one attached hydrogen (secondary N) is 2. The molecular weight excluding hydrogens is 434 g/mol. The molecule has 8 nitrogen and oxygen atoms in total. The molecule has 0 atom stereocenters. The maximum atomic E-state index is 12.7. The van der Waals surface area contributed by atoms with E-state index < -0.39 is 6.98 Å². The van der Waals surface area contributed by atoms with Gasteiger partial charge in [0.1, 0.15) is 22.3 Å². The van der Waals surface area contributed by atoms with Gasteiger partial charge in [-0.2, -0.15) is 0 Å². The zero-order chi connectivity index (χ0) is 24.5. The number of para-hydroxylation sites is 1. The van der Waals surface area contributed by atoms with E-state index in [4.69, 9.17) is 15.7 Å². The molecule has 1 aromatic carbocycles. The van der Waals surface area contributed by atoms with Crippen LogP contribution in [0.25, 0.3) is 0 Å². The number of likely N-dealkylation sites (N-methyl/N-ethyl adjacent to an activating group) is 1. The van der Waals surface area contributed by atoms with Crippen LogP contribution in [0.5, 0.6) is 0 Å². The van der Waals surface area contributed by atoms with Gasteiger partial charge in [-0.05, 0) is 32.5 Å². The van der Waals surface area contributed by atoms with E-state index in [-0.39, 0.29) is 5.91 Å². The SMILES string of the molecule is [2H]C([2H])([2H])N1CCN(c2cc(Nc3ncc(C(=O)Nc4c(C)cccc4Cl)s3)nc(C)n2)CC1. The van der Waals surface area contributed by atoms with E-state index >= 15 is 0 Å². The number of rotatable bonds is 5. The zero-order valence-corrected chi connectivity index (χ0v) is 18.7. The van der Waals surface area contributed by atoms with Gasteiger partial charge in [-0.1, -0.05) is 35.1 Å². The van der Waals surface area contributed by atoms with E-state index in [1.54, 1.807) is 19.1 Å². The number of benzene rings is 1. The van der Waals surface area contributed by atoms with Gasteiger partial charge in [-0.15, -0.1) is 0 Å². The molecule has 0 bridgehead atoms. The summed E-state index contributed by atoms with van der Waals surface area (Å²) in [5.74, 6) is 1.53. The number of aromatic nitrogens is 3. The van der Waals surface area contributed by atoms with Crippen molar-refractivity contribution in [2.24, 2.45) is 0 Å². The second-order valence-electron chi connectivity index (χ2n) is 7.17. The molecule has 1 aliphatic heterocycles. The van der Waals surface area contributed by atoms with Crippen molar-refractivity contribution in [1.29, 1.82) is 0 Å². The predicted octanol–water partition coefficient (Wildman–Crippen LogP) is 3.95. The van der Waals surface area contributed by atoms with Crippen LogP contribution in [0.4, 0.5) is 22.5 Å². The minimum Gasteiger partial charge on any atom is -0.354 e. The molecule has 2 aromatic heterocycles. The fraction of sp³-hybridized carbons (Fsp3) is 0.333. The molecule has 4 rings (SSSR count). The third kappa shape index (κ3) is 5.12. The average molecular weight is 461 g/mol. The fourth-order valence-corrected chi connectivity index (χ4v) is 4.21. The molecule has 1 saturated heterocycles. The van der Waals surface area contributed by atoms with Crippen molar-refractivity contribution in [2.75, 3.05) is 48.7 Å². The van der Waals surface area contributed by atoms with Gasteiger partial charge >= 0.3 is 0 Å². The lowest BCUT2D eigenvalue weighted by molar-refractivity contribution is 0.103. The number of nitrogens with zero attached hydrogens (tertiary/aromatic N) is 5. The normalized spacial score (nSPS) is 16.4. The number of halogens is 1. The first-order valence-electron chi connectivity index (χ1n) is 11.2. The molecule has 1 fully saturated rings. The molecule has 1 amide bonds. The minimum absolute atomic E-state index is 0.298. The highest BCUT2D eigenvalue weighted by atomic mass is 35.5. The molecule has 10 heteroatoms. The highest BCUT2D eigenvalue weighted by molar-refractivity contribution is 7.17. The quantitative estimate of drug-likeness (QED) is 0.596. The largest absolute Gasteiger partial charge is 0.354 e. The molecule has 1 aliphatic rings. The van der Waals surface area contributed by atoms with Crippen LogP contribution in [0, 0.1) is 13.8 Å². The molecule has 3 heterocycles. The standard InChI is InChI=1S/C21H24ClN7OS/c1-13-5-4-6-15(22)19(13)27-20(30)16-12-23-21(31-16)26-17-11-18(25-14(2)24-17)29-9-7-28(3)8-10-29/h4-6,11-12H,7-10H2,1-3H3,(H,27,30)(H,23,24,25,26)/i3D3. The lowest BCUT2D eigenvalue weighted by Crippen LogP contribution is -2.44. The first-order valence-corrected chi connectivity index (χ1v) is 10.9. The van der Waals surface area contributed by atoms with Crippen molar-refractivity contribution in [2.45, 2.75) is 13.8 Å². The van der Waals surface area contributed by atoms with Gasteiger partial charge in [-0.3, -0.25) is 4.79 Å². The predicted molar refractivity (Wildman–Crippen MR) is 126 cm³/mol. The Morgan fingerprint density at radius 1 is 1.23 bits per heavy atom. The summed E-state index contributed by atoms with van der Waals surface area (Å²) in [5.41, 5.74) is 1.44. The van der Waals surface area contributed by atoms with Crippen LogP contribution in [-0.2, 0) is 0 Å². The third-order valence-electron chi connectivity index (χ3n) is 4.85. The maximum Gasteiger partial charge on any atom is 0.267 e. The Kier molecular flexibility index (Phi) is 5.29. The number of hydrogen-bond donors (Lipinski definition) is 2. The summed E-state index contributed by atoms with van der Waals surface area (Å²) in [6.07, 6.45) is 1.50. The summed E-state index contributed by atoms with van der Waals surface area (Å²) in [7, 11) is 0. The van der Waals surface area contributed by atoms with Gasteiger partial charge < -0.3 is 20.4 Å². The van der Waals surface area contributed by atoms with E-state index in [2.05, 4.69) is 25.6 Å². The van der Waals surface area contributed by atoms with Crippen molar-refractivity contribution in [3.63, 3.8) is 0 Å². The molecule has 3 aromatic rings. The molecule has 0 aliphatic carbocycles. The lowest BCUT2D eigenvalue weighted by Gasteiger charge is -2.33. The van der Waals surface area contributed by atoms with E-state index in [0.29, 0.717) is 64.4 Å². The fourth-order valence-electron chi connectivity index (χ4n) is 3.23. The molecule has 162 valence electrons. The number of aryl methyl sites for hydroxylation is 2. The van der Waals surface area contributed by atoms with Gasteiger partial charge in [0, 0.05) is 36.4 Å². The second kappa shape index (κ2) is 9.17. The zero-order valence-electron chi connectivity index (χ0n) is 20.1. The van der Waals surface area contributed by atoms with Crippen LogP contribution < -0.4 is 15.5 Å². The number of carbonyl (C=O) groups is 1. The molecule has 2 N–H and O–H groups in total. The van der Waals surface area contributed by atoms with Crippen molar-refractivity contribution in [1.82, 2.24) is 19.9 Å². The summed E-state index contributed by atoms with van der Waals surface area (Å²) in [4.78, 5) is 29.9. The van der Waals surface area contributed by atoms with Crippen molar-refractivity contribution < 1.29 is 8.91 Å². The van der Waals surface area contributed by atoms with Gasteiger partial charge in [0.2, 0.25) is 0 Å². The van der Waals surface area contributed by atoms with Gasteiger partial charge in [0.25, 0.3) is 5.91 Å². The average Bonchev–Trinajstić information content (AvgIpc) is 3.24. The van der Waals surface area contributed by atoms with Crippen LogP contribution >= 0.6 is 22.9 Å². The molecular formula is C21H24ClN7OS. The minimum atomic E-state index is -2.08. The molecule has 31 heavy (non-hydrogen) atoms. The van der Waals surface area contributed by atoms with Crippen LogP contribution in [0.1, 0.15) is 25.2 Å². The number of thiazole rings is 1. The number of piperazine rings is 1. The Labute approximate surface area is 194 Å². The van der Waals surface area contributed by atoms with E-state index in [1.807, 2.05) is 24.0 Å². The molecule has 0 unspecified atom stereocenters. The summed E-state index contributed by atoms with van der Waals surface area (Å²) in [5, 5.41) is 6.97. The Morgan fingerprint density at radius 3 is 2.77 bits per heavy atom. The van der Waals surface area contributed by atoms with Crippen molar-refractivity contribution in [3.8, 4) is 0 Å². The number of anilines is 4. The van der Waals surface area contributed by atoms with Gasteiger partial charge in [-0.25, -0.2) is 15.0 Å². The van der Waals surface area contributed by atoms with Crippen LogP contribution in [0.2, 0.25) is 5.02 Å². The Balaban J connectivity index is 1.44. The third-order valence-corrected chi connectivity index (χ3v) is 6.08. The monoisotopic (exact) mass is 460 g/mol. The van der Waals surface area contributed by atoms with E-state index in [1.165, 1.54) is 22.4 Å². The smallest absolute Gasteiger partial charge is 0.267 e. The first-order chi connectivity index (χ1) is 16.1. The summed E-state index contributed by atoms with van der Waals surface area (Å²) < 4.78 is 22.7. The lowest BCUT2D eigenvalue weighted by atomic mass is 10.2. The van der Waals surface area contributed by atoms with E-state index in [0.717, 1.165) is 5.56 Å². The van der Waals surface area contributed by atoms with Crippen molar-refractivity contribution >= 4 is 51.3 Å². The molecule has 0 radical (unpaired) electrons. The van der Waals surface area contributed by atoms with Crippen molar-refractivity contribution in [3.05, 3.63) is 51.7 Å². The Hall–Kier alpha value is -2.75. The molecule has 0 spiro atoms. The van der Waals surface area contributed by atoms with Gasteiger partial charge in [0.05, 0.1) is 16.9 Å². The Morgan fingerprint density at radius 2 is 2.03 bits per heavy atom. The van der Waals surface area contributed by atoms with Crippen LogP contribution in [0.15, 0.2) is 30.5 Å². The first kappa shape index (κ1) is 17.9. The number of hydrogen-bond acceptors (Lipinski definition) is 8. The number of amides is 1. The topological polar surface area (TPSA) is 86.3 Å². The van der Waals surface area contributed by atoms with Crippen LogP contribution in [0.3, 0.4) is 0 Å². The maximum absolute atomic E-state index is 12.7. The molecule has 0 saturated carbocycles. The Bertz CT molecular complexity index is 1180. The highest BCUT2D eigenvalue weighted by Gasteiger charge is 2.18. The summed E-state index contributed by atoms with van der Waals surface area (Å²) in [6, 6.07) is 7.22. The summed E-state index contributed by atoms with van der Waals surface area (Å²) in [6.45, 7) is 3.55. The number of carbonyl (C=O) groups excluding carboxylic acids is 1.